The fourth-order valence-corrected chi connectivity index (χ4v) is 2.43. The highest BCUT2D eigenvalue weighted by molar-refractivity contribution is 5.41. The zero-order valence-electron chi connectivity index (χ0n) is 13.5. The predicted molar refractivity (Wildman–Crippen MR) is 81.1 cm³/mol. The Bertz CT molecular complexity index is 408. The van der Waals surface area contributed by atoms with E-state index in [4.69, 9.17) is 0 Å². The molecule has 0 N–H and O–H groups in total. The highest BCUT2D eigenvalue weighted by Crippen LogP contribution is 2.28. The van der Waals surface area contributed by atoms with E-state index in [-0.39, 0.29) is 0 Å². The molecule has 1 rings (SSSR count). The van der Waals surface area contributed by atoms with Gasteiger partial charge in [0, 0.05) is 5.56 Å². The van der Waals surface area contributed by atoms with Crippen molar-refractivity contribution in [2.45, 2.75) is 53.0 Å². The molecule has 0 radical (unpaired) electrons. The zero-order valence-corrected chi connectivity index (χ0v) is 13.5. The van der Waals surface area contributed by atoms with Gasteiger partial charge in [-0.15, -0.1) is 0 Å². The monoisotopic (exact) mass is 248 g/mol. The van der Waals surface area contributed by atoms with E-state index < -0.39 is 0 Å². The van der Waals surface area contributed by atoms with Crippen molar-refractivity contribution >= 4 is 0 Å². The molecule has 1 aromatic rings. The molecule has 0 amide bonds. The van der Waals surface area contributed by atoms with Crippen molar-refractivity contribution in [2.24, 2.45) is 0 Å². The first-order chi connectivity index (χ1) is 8.11. The second-order valence-electron chi connectivity index (χ2n) is 7.15. The van der Waals surface area contributed by atoms with Gasteiger partial charge >= 0.3 is 0 Å². The maximum Gasteiger partial charge on any atom is 0.104 e. The summed E-state index contributed by atoms with van der Waals surface area (Å²) in [5, 5.41) is 0. The van der Waals surface area contributed by atoms with Crippen LogP contribution >= 0.6 is 0 Å². The number of nitrogens with zero attached hydrogens (tertiary/aromatic N) is 1. The summed E-state index contributed by atoms with van der Waals surface area (Å²) in [6.45, 7) is 12.5. The topological polar surface area (TPSA) is 0 Å². The largest absolute Gasteiger partial charge is 0.327 e. The van der Waals surface area contributed by atoms with Crippen LogP contribution in [0, 0.1) is 6.92 Å². The lowest BCUT2D eigenvalue weighted by molar-refractivity contribution is -0.884. The second-order valence-corrected chi connectivity index (χ2v) is 7.15. The average molecular weight is 248 g/mol. The van der Waals surface area contributed by atoms with Gasteiger partial charge in [-0.3, -0.25) is 0 Å². The summed E-state index contributed by atoms with van der Waals surface area (Å²) in [7, 11) is 6.78. The van der Waals surface area contributed by atoms with E-state index in [0.717, 1.165) is 11.0 Å². The Morgan fingerprint density at radius 3 is 1.89 bits per heavy atom. The van der Waals surface area contributed by atoms with Crippen molar-refractivity contribution in [3.63, 3.8) is 0 Å². The lowest BCUT2D eigenvalue weighted by Crippen LogP contribution is -2.33. The molecule has 0 saturated carbocycles. The Balaban J connectivity index is 3.31. The van der Waals surface area contributed by atoms with Gasteiger partial charge in [-0.2, -0.15) is 0 Å². The van der Waals surface area contributed by atoms with Gasteiger partial charge in [0.05, 0.1) is 21.1 Å². The van der Waals surface area contributed by atoms with Crippen LogP contribution < -0.4 is 0 Å². The van der Waals surface area contributed by atoms with Crippen molar-refractivity contribution in [3.8, 4) is 0 Å². The highest BCUT2D eigenvalue weighted by Gasteiger charge is 2.16. The summed E-state index contributed by atoms with van der Waals surface area (Å²) in [6.07, 6.45) is 0. The van der Waals surface area contributed by atoms with Crippen LogP contribution in [0.5, 0.6) is 0 Å². The predicted octanol–water partition coefficient (Wildman–Crippen LogP) is 4.45. The number of hydrogen-bond acceptors (Lipinski definition) is 0. The van der Waals surface area contributed by atoms with Gasteiger partial charge < -0.3 is 4.48 Å². The van der Waals surface area contributed by atoms with Crippen LogP contribution in [0.1, 0.15) is 61.8 Å². The molecule has 18 heavy (non-hydrogen) atoms. The van der Waals surface area contributed by atoms with Gasteiger partial charge in [0.15, 0.2) is 0 Å². The number of hydrogen-bond donors (Lipinski definition) is 0. The second kappa shape index (κ2) is 5.44. The third kappa shape index (κ3) is 3.84. The molecule has 0 aliphatic heterocycles. The third-order valence-corrected chi connectivity index (χ3v) is 3.51. The van der Waals surface area contributed by atoms with Gasteiger partial charge in [0.1, 0.15) is 6.54 Å². The SMILES string of the molecule is Cc1c(C[N+](C)(C)C)cc(C(C)C)cc1C(C)C. The maximum absolute atomic E-state index is 2.41. The van der Waals surface area contributed by atoms with Crippen molar-refractivity contribution in [1.29, 1.82) is 0 Å². The lowest BCUT2D eigenvalue weighted by Gasteiger charge is -2.27. The molecule has 1 heteroatoms. The minimum Gasteiger partial charge on any atom is -0.327 e. The van der Waals surface area contributed by atoms with E-state index in [0.29, 0.717) is 11.8 Å². The Morgan fingerprint density at radius 2 is 1.50 bits per heavy atom. The quantitative estimate of drug-likeness (QED) is 0.691. The summed E-state index contributed by atoms with van der Waals surface area (Å²) in [6, 6.07) is 4.82. The smallest absolute Gasteiger partial charge is 0.104 e. The Labute approximate surface area is 113 Å². The summed E-state index contributed by atoms with van der Waals surface area (Å²) in [5.41, 5.74) is 6.00. The number of rotatable bonds is 4. The molecule has 0 fully saturated rings. The van der Waals surface area contributed by atoms with E-state index >= 15 is 0 Å². The molecule has 1 nitrogen and oxygen atoms in total. The maximum atomic E-state index is 2.41. The zero-order chi connectivity index (χ0) is 14.1. The molecule has 0 aliphatic carbocycles. The van der Waals surface area contributed by atoms with Crippen molar-refractivity contribution in [3.05, 3.63) is 34.4 Å². The molecule has 0 saturated heterocycles. The fourth-order valence-electron chi connectivity index (χ4n) is 2.43. The standard InChI is InChI=1S/C17H30N/c1-12(2)15-9-16(11-18(6,7)8)14(5)17(10-15)13(3)4/h9-10,12-13H,11H2,1-8H3/q+1. The number of benzene rings is 1. The minimum atomic E-state index is 0.606. The molecule has 0 bridgehead atoms. The van der Waals surface area contributed by atoms with Crippen molar-refractivity contribution in [1.82, 2.24) is 0 Å². The number of quaternary nitrogens is 1. The molecule has 0 unspecified atom stereocenters. The fraction of sp³-hybridized carbons (Fsp3) is 0.647. The first-order valence-electron chi connectivity index (χ1n) is 7.05. The molecule has 0 atom stereocenters. The molecular weight excluding hydrogens is 218 g/mol. The summed E-state index contributed by atoms with van der Waals surface area (Å²) >= 11 is 0. The van der Waals surface area contributed by atoms with Gasteiger partial charge in [-0.1, -0.05) is 33.8 Å². The minimum absolute atomic E-state index is 0.606. The summed E-state index contributed by atoms with van der Waals surface area (Å²) in [4.78, 5) is 0. The lowest BCUT2D eigenvalue weighted by atomic mass is 9.88. The van der Waals surface area contributed by atoms with Crippen LogP contribution in [0.2, 0.25) is 0 Å². The summed E-state index contributed by atoms with van der Waals surface area (Å²) < 4.78 is 0.986. The normalized spacial score (nSPS) is 12.6. The van der Waals surface area contributed by atoms with Crippen molar-refractivity contribution < 1.29 is 4.48 Å². The Hall–Kier alpha value is -0.820. The first-order valence-corrected chi connectivity index (χ1v) is 7.05. The molecule has 0 heterocycles. The molecule has 0 aromatic heterocycles. The Morgan fingerprint density at radius 1 is 0.944 bits per heavy atom. The van der Waals surface area contributed by atoms with Crippen LogP contribution in [-0.4, -0.2) is 25.6 Å². The molecular formula is C17H30N+. The van der Waals surface area contributed by atoms with E-state index in [2.05, 4.69) is 67.9 Å². The Kier molecular flexibility index (Phi) is 4.61. The average Bonchev–Trinajstić information content (AvgIpc) is 2.18. The van der Waals surface area contributed by atoms with Crippen molar-refractivity contribution in [2.75, 3.05) is 21.1 Å². The van der Waals surface area contributed by atoms with Crippen LogP contribution in [0.3, 0.4) is 0 Å². The van der Waals surface area contributed by atoms with Gasteiger partial charge in [-0.05, 0) is 41.5 Å². The molecule has 102 valence electrons. The van der Waals surface area contributed by atoms with Crippen LogP contribution in [0.4, 0.5) is 0 Å². The van der Waals surface area contributed by atoms with E-state index in [1.807, 2.05) is 0 Å². The molecule has 0 spiro atoms. The van der Waals surface area contributed by atoms with Gasteiger partial charge in [-0.25, -0.2) is 0 Å². The third-order valence-electron chi connectivity index (χ3n) is 3.51. The van der Waals surface area contributed by atoms with Crippen LogP contribution in [0.25, 0.3) is 0 Å². The van der Waals surface area contributed by atoms with E-state index in [1.165, 1.54) is 22.3 Å². The van der Waals surface area contributed by atoms with E-state index in [9.17, 15) is 0 Å². The van der Waals surface area contributed by atoms with Gasteiger partial charge in [0.2, 0.25) is 0 Å². The highest BCUT2D eigenvalue weighted by atomic mass is 15.3. The molecule has 0 aliphatic rings. The van der Waals surface area contributed by atoms with Crippen LogP contribution in [-0.2, 0) is 6.54 Å². The van der Waals surface area contributed by atoms with Crippen LogP contribution in [0.15, 0.2) is 12.1 Å². The first kappa shape index (κ1) is 15.2. The molecule has 1 aromatic carbocycles. The summed E-state index contributed by atoms with van der Waals surface area (Å²) in [5.74, 6) is 1.21. The van der Waals surface area contributed by atoms with E-state index in [1.54, 1.807) is 0 Å². The van der Waals surface area contributed by atoms with Gasteiger partial charge in [0.25, 0.3) is 0 Å².